The first kappa shape index (κ1) is 13.7. The SMILES string of the molecule is CN(CC1CCNCC1)C(=O)C1CCC(F)(F)C1. The molecule has 0 aromatic heterocycles. The summed E-state index contributed by atoms with van der Waals surface area (Å²) < 4.78 is 26.2. The molecule has 1 aliphatic heterocycles. The molecule has 3 nitrogen and oxygen atoms in total. The van der Waals surface area contributed by atoms with Crippen LogP contribution in [0.25, 0.3) is 0 Å². The maximum atomic E-state index is 13.1. The van der Waals surface area contributed by atoms with Crippen molar-refractivity contribution in [2.24, 2.45) is 11.8 Å². The monoisotopic (exact) mass is 260 g/mol. The highest BCUT2D eigenvalue weighted by Gasteiger charge is 2.43. The molecule has 1 atom stereocenters. The molecule has 1 aliphatic carbocycles. The van der Waals surface area contributed by atoms with Gasteiger partial charge in [0.15, 0.2) is 0 Å². The quantitative estimate of drug-likeness (QED) is 0.840. The van der Waals surface area contributed by atoms with Gasteiger partial charge in [0, 0.05) is 32.4 Å². The van der Waals surface area contributed by atoms with E-state index in [0.717, 1.165) is 25.9 Å². The third-order valence-corrected chi connectivity index (χ3v) is 4.12. The van der Waals surface area contributed by atoms with Crippen LogP contribution < -0.4 is 5.32 Å². The second-order valence-corrected chi connectivity index (χ2v) is 5.71. The zero-order valence-corrected chi connectivity index (χ0v) is 10.9. The number of hydrogen-bond donors (Lipinski definition) is 1. The second kappa shape index (κ2) is 5.51. The smallest absolute Gasteiger partial charge is 0.248 e. The van der Waals surface area contributed by atoms with Crippen LogP contribution in [0.3, 0.4) is 0 Å². The number of nitrogens with one attached hydrogen (secondary N) is 1. The van der Waals surface area contributed by atoms with Gasteiger partial charge in [0.2, 0.25) is 11.8 Å². The molecule has 0 bridgehead atoms. The molecule has 0 aromatic rings. The lowest BCUT2D eigenvalue weighted by Crippen LogP contribution is -2.39. The van der Waals surface area contributed by atoms with E-state index in [2.05, 4.69) is 5.32 Å². The molecule has 0 spiro atoms. The zero-order valence-electron chi connectivity index (χ0n) is 10.9. The van der Waals surface area contributed by atoms with Crippen LogP contribution in [-0.4, -0.2) is 43.4 Å². The standard InChI is InChI=1S/C13H22F2N2O/c1-17(9-10-3-6-16-7-4-10)12(18)11-2-5-13(14,15)8-11/h10-11,16H,2-9H2,1H3. The molecule has 0 aromatic carbocycles. The van der Waals surface area contributed by atoms with Gasteiger partial charge in [-0.15, -0.1) is 0 Å². The fourth-order valence-electron chi connectivity index (χ4n) is 3.01. The van der Waals surface area contributed by atoms with Gasteiger partial charge in [-0.25, -0.2) is 8.78 Å². The van der Waals surface area contributed by atoms with Gasteiger partial charge in [-0.3, -0.25) is 4.79 Å². The van der Waals surface area contributed by atoms with Crippen LogP contribution in [-0.2, 0) is 4.79 Å². The molecule has 1 N–H and O–H groups in total. The fraction of sp³-hybridized carbons (Fsp3) is 0.923. The normalized spacial score (nSPS) is 28.3. The molecule has 1 amide bonds. The number of carbonyl (C=O) groups excluding carboxylic acids is 1. The third-order valence-electron chi connectivity index (χ3n) is 4.12. The van der Waals surface area contributed by atoms with Gasteiger partial charge in [-0.05, 0) is 38.3 Å². The number of nitrogens with zero attached hydrogens (tertiary/aromatic N) is 1. The molecule has 2 fully saturated rings. The van der Waals surface area contributed by atoms with Crippen molar-refractivity contribution in [3.8, 4) is 0 Å². The van der Waals surface area contributed by atoms with E-state index in [4.69, 9.17) is 0 Å². The molecule has 1 heterocycles. The van der Waals surface area contributed by atoms with E-state index in [9.17, 15) is 13.6 Å². The van der Waals surface area contributed by atoms with Gasteiger partial charge >= 0.3 is 0 Å². The average molecular weight is 260 g/mol. The first-order valence-corrected chi connectivity index (χ1v) is 6.81. The minimum absolute atomic E-state index is 0.0919. The lowest BCUT2D eigenvalue weighted by molar-refractivity contribution is -0.135. The Labute approximate surface area is 107 Å². The van der Waals surface area contributed by atoms with Crippen molar-refractivity contribution in [2.45, 2.75) is 38.0 Å². The highest BCUT2D eigenvalue weighted by atomic mass is 19.3. The Bertz CT molecular complexity index is 303. The van der Waals surface area contributed by atoms with E-state index >= 15 is 0 Å². The van der Waals surface area contributed by atoms with E-state index < -0.39 is 11.8 Å². The molecule has 18 heavy (non-hydrogen) atoms. The number of piperidine rings is 1. The van der Waals surface area contributed by atoms with Gasteiger partial charge in [0.1, 0.15) is 0 Å². The van der Waals surface area contributed by atoms with E-state index in [1.54, 1.807) is 11.9 Å². The van der Waals surface area contributed by atoms with E-state index in [1.807, 2.05) is 0 Å². The predicted molar refractivity (Wildman–Crippen MR) is 65.5 cm³/mol. The van der Waals surface area contributed by atoms with Crippen LogP contribution in [0.4, 0.5) is 8.78 Å². The number of halogens is 2. The Hall–Kier alpha value is -0.710. The van der Waals surface area contributed by atoms with Crippen molar-refractivity contribution in [1.29, 1.82) is 0 Å². The lowest BCUT2D eigenvalue weighted by atomic mass is 9.97. The first-order chi connectivity index (χ1) is 8.48. The van der Waals surface area contributed by atoms with E-state index in [0.29, 0.717) is 18.9 Å². The van der Waals surface area contributed by atoms with Crippen molar-refractivity contribution < 1.29 is 13.6 Å². The van der Waals surface area contributed by atoms with Gasteiger partial charge < -0.3 is 10.2 Å². The number of amides is 1. The summed E-state index contributed by atoms with van der Waals surface area (Å²) in [4.78, 5) is 13.8. The Morgan fingerprint density at radius 2 is 2.00 bits per heavy atom. The maximum absolute atomic E-state index is 13.1. The molecule has 5 heteroatoms. The summed E-state index contributed by atoms with van der Waals surface area (Å²) in [5.74, 6) is -2.67. The number of alkyl halides is 2. The zero-order chi connectivity index (χ0) is 13.2. The summed E-state index contributed by atoms with van der Waals surface area (Å²) in [6.45, 7) is 2.70. The van der Waals surface area contributed by atoms with Crippen LogP contribution in [0.1, 0.15) is 32.1 Å². The molecule has 104 valence electrons. The molecule has 1 saturated heterocycles. The summed E-state index contributed by atoms with van der Waals surface area (Å²) in [6.07, 6.45) is 2.08. The molecular weight excluding hydrogens is 238 g/mol. The van der Waals surface area contributed by atoms with Gasteiger partial charge in [0.05, 0.1) is 0 Å². The van der Waals surface area contributed by atoms with Crippen LogP contribution >= 0.6 is 0 Å². The molecule has 0 radical (unpaired) electrons. The Morgan fingerprint density at radius 3 is 2.56 bits per heavy atom. The molecular formula is C13H22F2N2O. The van der Waals surface area contributed by atoms with Gasteiger partial charge in [-0.2, -0.15) is 0 Å². The van der Waals surface area contributed by atoms with Crippen molar-refractivity contribution in [3.63, 3.8) is 0 Å². The fourth-order valence-corrected chi connectivity index (χ4v) is 3.01. The largest absolute Gasteiger partial charge is 0.345 e. The minimum atomic E-state index is -2.63. The van der Waals surface area contributed by atoms with Crippen LogP contribution in [0.2, 0.25) is 0 Å². The third kappa shape index (κ3) is 3.40. The summed E-state index contributed by atoms with van der Waals surface area (Å²) in [5.41, 5.74) is 0. The van der Waals surface area contributed by atoms with Crippen LogP contribution in [0.5, 0.6) is 0 Å². The summed E-state index contributed by atoms with van der Waals surface area (Å²) >= 11 is 0. The second-order valence-electron chi connectivity index (χ2n) is 5.71. The van der Waals surface area contributed by atoms with Crippen LogP contribution in [0, 0.1) is 11.8 Å². The lowest BCUT2D eigenvalue weighted by Gasteiger charge is -2.29. The minimum Gasteiger partial charge on any atom is -0.345 e. The molecule has 1 unspecified atom stereocenters. The topological polar surface area (TPSA) is 32.3 Å². The van der Waals surface area contributed by atoms with Crippen molar-refractivity contribution in [2.75, 3.05) is 26.7 Å². The summed E-state index contributed by atoms with van der Waals surface area (Å²) in [5, 5.41) is 3.28. The summed E-state index contributed by atoms with van der Waals surface area (Å²) in [6, 6.07) is 0. The number of rotatable bonds is 3. The van der Waals surface area contributed by atoms with Crippen molar-refractivity contribution in [1.82, 2.24) is 10.2 Å². The van der Waals surface area contributed by atoms with E-state index in [-0.39, 0.29) is 18.7 Å². The average Bonchev–Trinajstić information content (AvgIpc) is 2.70. The highest BCUT2D eigenvalue weighted by Crippen LogP contribution is 2.39. The van der Waals surface area contributed by atoms with E-state index in [1.165, 1.54) is 0 Å². The van der Waals surface area contributed by atoms with Gasteiger partial charge in [-0.1, -0.05) is 0 Å². The molecule has 2 rings (SSSR count). The Balaban J connectivity index is 1.81. The highest BCUT2D eigenvalue weighted by molar-refractivity contribution is 5.79. The predicted octanol–water partition coefficient (Wildman–Crippen LogP) is 1.88. The van der Waals surface area contributed by atoms with Crippen molar-refractivity contribution in [3.05, 3.63) is 0 Å². The Kier molecular flexibility index (Phi) is 4.20. The van der Waals surface area contributed by atoms with Crippen molar-refractivity contribution >= 4 is 5.91 Å². The van der Waals surface area contributed by atoms with Crippen LogP contribution in [0.15, 0.2) is 0 Å². The molecule has 1 saturated carbocycles. The maximum Gasteiger partial charge on any atom is 0.248 e. The molecule has 2 aliphatic rings. The Morgan fingerprint density at radius 1 is 1.33 bits per heavy atom. The number of hydrogen-bond acceptors (Lipinski definition) is 2. The summed E-state index contributed by atoms with van der Waals surface area (Å²) in [7, 11) is 1.75. The van der Waals surface area contributed by atoms with Gasteiger partial charge in [0.25, 0.3) is 0 Å². The number of carbonyl (C=O) groups is 1. The first-order valence-electron chi connectivity index (χ1n) is 6.81.